The average molecular weight is 297 g/mol. The van der Waals surface area contributed by atoms with Gasteiger partial charge in [-0.2, -0.15) is 0 Å². The number of aryl methyl sites for hydroxylation is 1. The maximum atomic E-state index is 11.8. The Kier molecular flexibility index (Phi) is 5.14. The Labute approximate surface area is 129 Å². The number of hydrogen-bond donors (Lipinski definition) is 3. The van der Waals surface area contributed by atoms with Crippen LogP contribution >= 0.6 is 0 Å². The van der Waals surface area contributed by atoms with Gasteiger partial charge in [-0.3, -0.25) is 4.79 Å². The Morgan fingerprint density at radius 2 is 1.82 bits per heavy atom. The summed E-state index contributed by atoms with van der Waals surface area (Å²) < 4.78 is 0. The molecule has 0 aliphatic carbocycles. The summed E-state index contributed by atoms with van der Waals surface area (Å²) in [6.45, 7) is 2.33. The third-order valence-electron chi connectivity index (χ3n) is 3.29. The molecule has 0 aliphatic heterocycles. The second-order valence-electron chi connectivity index (χ2n) is 5.01. The molecule has 0 fully saturated rings. The van der Waals surface area contributed by atoms with Gasteiger partial charge < -0.3 is 16.4 Å². The van der Waals surface area contributed by atoms with Gasteiger partial charge in [-0.05, 0) is 42.7 Å². The van der Waals surface area contributed by atoms with Crippen LogP contribution in [0.15, 0.2) is 48.5 Å². The van der Waals surface area contributed by atoms with Gasteiger partial charge in [-0.1, -0.05) is 30.3 Å². The lowest BCUT2D eigenvalue weighted by Crippen LogP contribution is -2.30. The van der Waals surface area contributed by atoms with Crippen molar-refractivity contribution in [3.05, 3.63) is 65.2 Å². The Morgan fingerprint density at radius 3 is 2.45 bits per heavy atom. The number of carbonyl (C=O) groups is 2. The third kappa shape index (κ3) is 4.34. The molecular formula is C17H19N3O2. The maximum Gasteiger partial charge on any atom is 0.319 e. The van der Waals surface area contributed by atoms with Crippen LogP contribution in [-0.2, 0) is 6.42 Å². The first-order valence-electron chi connectivity index (χ1n) is 7.05. The van der Waals surface area contributed by atoms with E-state index >= 15 is 0 Å². The van der Waals surface area contributed by atoms with Crippen LogP contribution in [-0.4, -0.2) is 18.5 Å². The van der Waals surface area contributed by atoms with Crippen LogP contribution in [0.5, 0.6) is 0 Å². The van der Waals surface area contributed by atoms with Crippen LogP contribution in [0.2, 0.25) is 0 Å². The van der Waals surface area contributed by atoms with E-state index in [1.165, 1.54) is 5.56 Å². The number of carbonyl (C=O) groups excluding carboxylic acids is 2. The Bertz CT molecular complexity index is 669. The second kappa shape index (κ2) is 7.26. The van der Waals surface area contributed by atoms with E-state index in [4.69, 9.17) is 5.73 Å². The van der Waals surface area contributed by atoms with E-state index in [0.29, 0.717) is 17.8 Å². The molecule has 114 valence electrons. The first kappa shape index (κ1) is 15.6. The Hall–Kier alpha value is -2.82. The molecule has 0 saturated heterocycles. The van der Waals surface area contributed by atoms with E-state index < -0.39 is 5.91 Å². The van der Waals surface area contributed by atoms with Crippen molar-refractivity contribution in [3.8, 4) is 0 Å². The number of amides is 3. The van der Waals surface area contributed by atoms with E-state index in [9.17, 15) is 9.59 Å². The fourth-order valence-corrected chi connectivity index (χ4v) is 2.16. The molecule has 2 aromatic carbocycles. The molecule has 0 atom stereocenters. The first-order chi connectivity index (χ1) is 10.6. The summed E-state index contributed by atoms with van der Waals surface area (Å²) in [5, 5.41) is 5.53. The van der Waals surface area contributed by atoms with Crippen LogP contribution < -0.4 is 16.4 Å². The van der Waals surface area contributed by atoms with Crippen molar-refractivity contribution in [3.63, 3.8) is 0 Å². The monoisotopic (exact) mass is 297 g/mol. The summed E-state index contributed by atoms with van der Waals surface area (Å²) in [5.74, 6) is -0.476. The van der Waals surface area contributed by atoms with Crippen molar-refractivity contribution >= 4 is 17.6 Å². The fourth-order valence-electron chi connectivity index (χ4n) is 2.16. The molecular weight excluding hydrogens is 278 g/mol. The van der Waals surface area contributed by atoms with Gasteiger partial charge in [0.05, 0.1) is 0 Å². The van der Waals surface area contributed by atoms with Gasteiger partial charge in [-0.15, -0.1) is 0 Å². The SMILES string of the molecule is Cc1cc(NC(=O)NCCc2ccccc2)ccc1C(N)=O. The molecule has 0 bridgehead atoms. The van der Waals surface area contributed by atoms with Crippen molar-refractivity contribution in [2.24, 2.45) is 5.73 Å². The first-order valence-corrected chi connectivity index (χ1v) is 7.05. The summed E-state index contributed by atoms with van der Waals surface area (Å²) >= 11 is 0. The molecule has 0 aromatic heterocycles. The molecule has 22 heavy (non-hydrogen) atoms. The quantitative estimate of drug-likeness (QED) is 0.792. The molecule has 3 amide bonds. The molecule has 2 aromatic rings. The second-order valence-corrected chi connectivity index (χ2v) is 5.01. The fraction of sp³-hybridized carbons (Fsp3) is 0.176. The maximum absolute atomic E-state index is 11.8. The predicted molar refractivity (Wildman–Crippen MR) is 86.9 cm³/mol. The van der Waals surface area contributed by atoms with Gasteiger partial charge in [0.25, 0.3) is 0 Å². The Balaban J connectivity index is 1.84. The molecule has 0 saturated carbocycles. The van der Waals surface area contributed by atoms with Crippen LogP contribution in [0.4, 0.5) is 10.5 Å². The van der Waals surface area contributed by atoms with Gasteiger partial charge in [-0.25, -0.2) is 4.79 Å². The highest BCUT2D eigenvalue weighted by Crippen LogP contribution is 2.14. The molecule has 0 radical (unpaired) electrons. The molecule has 4 N–H and O–H groups in total. The lowest BCUT2D eigenvalue weighted by molar-refractivity contribution is 0.0999. The van der Waals surface area contributed by atoms with Crippen LogP contribution in [0.25, 0.3) is 0 Å². The van der Waals surface area contributed by atoms with Crippen LogP contribution in [0, 0.1) is 6.92 Å². The summed E-state index contributed by atoms with van der Waals surface area (Å²) in [5.41, 5.74) is 8.23. The number of rotatable bonds is 5. The molecule has 2 rings (SSSR count). The lowest BCUT2D eigenvalue weighted by atomic mass is 10.1. The van der Waals surface area contributed by atoms with E-state index in [-0.39, 0.29) is 6.03 Å². The standard InChI is InChI=1S/C17H19N3O2/c1-12-11-14(7-8-15(12)16(18)21)20-17(22)19-10-9-13-5-3-2-4-6-13/h2-8,11H,9-10H2,1H3,(H2,18,21)(H2,19,20,22). The van der Waals surface area contributed by atoms with Crippen molar-refractivity contribution in [1.82, 2.24) is 5.32 Å². The number of anilines is 1. The molecule has 5 nitrogen and oxygen atoms in total. The number of urea groups is 1. The minimum Gasteiger partial charge on any atom is -0.366 e. The summed E-state index contributed by atoms with van der Waals surface area (Å²) in [6, 6.07) is 14.6. The number of nitrogens with two attached hydrogens (primary N) is 1. The van der Waals surface area contributed by atoms with E-state index in [1.54, 1.807) is 25.1 Å². The number of primary amides is 1. The van der Waals surface area contributed by atoms with Gasteiger partial charge in [0.15, 0.2) is 0 Å². The van der Waals surface area contributed by atoms with Crippen molar-refractivity contribution in [1.29, 1.82) is 0 Å². The summed E-state index contributed by atoms with van der Waals surface area (Å²) in [7, 11) is 0. The predicted octanol–water partition coefficient (Wildman–Crippen LogP) is 2.46. The summed E-state index contributed by atoms with van der Waals surface area (Å²) in [6.07, 6.45) is 0.772. The highest BCUT2D eigenvalue weighted by Gasteiger charge is 2.07. The van der Waals surface area contributed by atoms with Gasteiger partial charge in [0, 0.05) is 17.8 Å². The normalized spacial score (nSPS) is 10.0. The minimum atomic E-state index is -0.476. The molecule has 0 heterocycles. The molecule has 0 unspecified atom stereocenters. The number of benzene rings is 2. The molecule has 5 heteroatoms. The lowest BCUT2D eigenvalue weighted by Gasteiger charge is -2.09. The molecule has 0 aliphatic rings. The zero-order valence-corrected chi connectivity index (χ0v) is 12.4. The summed E-state index contributed by atoms with van der Waals surface area (Å²) in [4.78, 5) is 23.0. The van der Waals surface area contributed by atoms with Gasteiger partial charge in [0.2, 0.25) is 5.91 Å². The molecule has 0 spiro atoms. The highest BCUT2D eigenvalue weighted by molar-refractivity contribution is 5.95. The van der Waals surface area contributed by atoms with Gasteiger partial charge >= 0.3 is 6.03 Å². The number of hydrogen-bond acceptors (Lipinski definition) is 2. The Morgan fingerprint density at radius 1 is 1.09 bits per heavy atom. The van der Waals surface area contributed by atoms with Gasteiger partial charge in [0.1, 0.15) is 0 Å². The zero-order chi connectivity index (χ0) is 15.9. The number of nitrogens with one attached hydrogen (secondary N) is 2. The zero-order valence-electron chi connectivity index (χ0n) is 12.4. The third-order valence-corrected chi connectivity index (χ3v) is 3.29. The van der Waals surface area contributed by atoms with Crippen molar-refractivity contribution in [2.45, 2.75) is 13.3 Å². The van der Waals surface area contributed by atoms with Crippen molar-refractivity contribution < 1.29 is 9.59 Å². The van der Waals surface area contributed by atoms with Crippen LogP contribution in [0.1, 0.15) is 21.5 Å². The largest absolute Gasteiger partial charge is 0.366 e. The minimum absolute atomic E-state index is 0.276. The van der Waals surface area contributed by atoms with E-state index in [2.05, 4.69) is 10.6 Å². The van der Waals surface area contributed by atoms with Crippen LogP contribution in [0.3, 0.4) is 0 Å². The average Bonchev–Trinajstić information content (AvgIpc) is 2.48. The highest BCUT2D eigenvalue weighted by atomic mass is 16.2. The topological polar surface area (TPSA) is 84.2 Å². The smallest absolute Gasteiger partial charge is 0.319 e. The van der Waals surface area contributed by atoms with E-state index in [1.807, 2.05) is 30.3 Å². The van der Waals surface area contributed by atoms with Crippen molar-refractivity contribution in [2.75, 3.05) is 11.9 Å². The van der Waals surface area contributed by atoms with E-state index in [0.717, 1.165) is 12.0 Å².